The fourth-order valence-electron chi connectivity index (χ4n) is 6.01. The number of nitrogens with one attached hydrogen (secondary N) is 1. The molecule has 35 heavy (non-hydrogen) atoms. The lowest BCUT2D eigenvalue weighted by molar-refractivity contribution is 0.102. The van der Waals surface area contributed by atoms with Gasteiger partial charge >= 0.3 is 0 Å². The maximum absolute atomic E-state index is 13.4. The zero-order valence-corrected chi connectivity index (χ0v) is 20.3. The van der Waals surface area contributed by atoms with Gasteiger partial charge in [0.25, 0.3) is 5.91 Å². The Balaban J connectivity index is 1.42. The molecule has 0 saturated heterocycles. The lowest BCUT2D eigenvalue weighted by Crippen LogP contribution is -2.39. The van der Waals surface area contributed by atoms with E-state index in [1.54, 1.807) is 0 Å². The van der Waals surface area contributed by atoms with Crippen molar-refractivity contribution in [2.24, 2.45) is 0 Å². The minimum atomic E-state index is -0.0971. The number of rotatable bonds is 2. The normalized spacial score (nSPS) is 19.4. The fraction of sp³-hybridized carbons (Fsp3) is 0.233. The number of phenols is 1. The van der Waals surface area contributed by atoms with E-state index in [0.717, 1.165) is 47.8 Å². The summed E-state index contributed by atoms with van der Waals surface area (Å²) in [5.74, 6) is 0.139. The minimum Gasteiger partial charge on any atom is -0.506 e. The highest BCUT2D eigenvalue weighted by atomic mass is 35.5. The number of aromatic hydroxyl groups is 1. The molecule has 0 aromatic heterocycles. The van der Waals surface area contributed by atoms with Crippen LogP contribution in [0.15, 0.2) is 72.8 Å². The second-order valence-electron chi connectivity index (χ2n) is 9.67. The van der Waals surface area contributed by atoms with E-state index < -0.39 is 0 Å². The van der Waals surface area contributed by atoms with Crippen LogP contribution >= 0.6 is 11.6 Å². The summed E-state index contributed by atoms with van der Waals surface area (Å²) in [4.78, 5) is 15.8. The molecule has 1 aliphatic carbocycles. The van der Waals surface area contributed by atoms with Crippen LogP contribution in [0.4, 0.5) is 5.69 Å². The highest BCUT2D eigenvalue weighted by molar-refractivity contribution is 6.32. The smallest absolute Gasteiger partial charge is 0.256 e. The van der Waals surface area contributed by atoms with Crippen LogP contribution in [0.1, 0.15) is 45.0 Å². The molecular formula is C30H27ClN2O2. The molecular weight excluding hydrogens is 456 g/mol. The first kappa shape index (κ1) is 22.1. The predicted octanol–water partition coefficient (Wildman–Crippen LogP) is 6.39. The number of nitrogens with zero attached hydrogens (tertiary/aromatic N) is 1. The zero-order chi connectivity index (χ0) is 24.1. The number of halogens is 1. The van der Waals surface area contributed by atoms with E-state index in [1.165, 1.54) is 16.7 Å². The van der Waals surface area contributed by atoms with E-state index in [0.29, 0.717) is 16.6 Å². The highest BCUT2D eigenvalue weighted by Crippen LogP contribution is 2.46. The Morgan fingerprint density at radius 1 is 1.00 bits per heavy atom. The van der Waals surface area contributed by atoms with Gasteiger partial charge in [-0.25, -0.2) is 0 Å². The van der Waals surface area contributed by atoms with Gasteiger partial charge in [0.05, 0.1) is 5.02 Å². The van der Waals surface area contributed by atoms with Crippen molar-refractivity contribution in [2.75, 3.05) is 18.9 Å². The summed E-state index contributed by atoms with van der Waals surface area (Å²) in [5, 5.41) is 16.1. The molecule has 1 aliphatic heterocycles. The van der Waals surface area contributed by atoms with Crippen LogP contribution in [0.25, 0.3) is 10.8 Å². The van der Waals surface area contributed by atoms with Crippen molar-refractivity contribution in [1.29, 1.82) is 0 Å². The quantitative estimate of drug-likeness (QED) is 0.348. The van der Waals surface area contributed by atoms with Gasteiger partial charge in [0.1, 0.15) is 5.75 Å². The van der Waals surface area contributed by atoms with Crippen LogP contribution in [0.2, 0.25) is 5.02 Å². The number of carbonyl (C=O) groups is 1. The van der Waals surface area contributed by atoms with E-state index in [9.17, 15) is 9.90 Å². The SMILES string of the molecule is CN1CCc2cc(Cl)c(O)cc2[C@H]2c3cccc(NC(=O)c4cccc5ccccc45)c3CC[C@@H]21. The van der Waals surface area contributed by atoms with Crippen LogP contribution in [0.3, 0.4) is 0 Å². The molecule has 0 saturated carbocycles. The summed E-state index contributed by atoms with van der Waals surface area (Å²) in [6.07, 6.45) is 2.77. The van der Waals surface area contributed by atoms with Gasteiger partial charge in [-0.2, -0.15) is 0 Å². The van der Waals surface area contributed by atoms with Crippen molar-refractivity contribution in [1.82, 2.24) is 4.90 Å². The molecule has 0 unspecified atom stereocenters. The van der Waals surface area contributed by atoms with Gasteiger partial charge in [-0.3, -0.25) is 4.79 Å². The first-order chi connectivity index (χ1) is 17.0. The second-order valence-corrected chi connectivity index (χ2v) is 10.1. The third-order valence-electron chi connectivity index (χ3n) is 7.75. The number of fused-ring (bicyclic) bond motifs is 6. The van der Waals surface area contributed by atoms with Crippen LogP contribution in [-0.4, -0.2) is 35.5 Å². The molecule has 4 aromatic carbocycles. The molecule has 2 aliphatic rings. The topological polar surface area (TPSA) is 52.6 Å². The standard InChI is InChI=1S/C30H27ClN2O2/c1-33-15-14-19-16-25(31)28(34)17-24(19)29-22-9-5-11-26(21(22)12-13-27(29)33)32-30(35)23-10-4-7-18-6-2-3-8-20(18)23/h2-11,16-17,27,29,34H,12-15H2,1H3,(H,32,35)/t27-,29+/m0/s1. The molecule has 0 radical (unpaired) electrons. The van der Waals surface area contributed by atoms with Crippen molar-refractivity contribution < 1.29 is 9.90 Å². The van der Waals surface area contributed by atoms with Gasteiger partial charge in [-0.05, 0) is 83.6 Å². The Morgan fingerprint density at radius 2 is 1.80 bits per heavy atom. The highest BCUT2D eigenvalue weighted by Gasteiger charge is 2.37. The average Bonchev–Trinajstić information content (AvgIpc) is 3.01. The van der Waals surface area contributed by atoms with E-state index in [-0.39, 0.29) is 17.6 Å². The fourth-order valence-corrected chi connectivity index (χ4v) is 6.20. The first-order valence-corrected chi connectivity index (χ1v) is 12.5. The summed E-state index contributed by atoms with van der Waals surface area (Å²) < 4.78 is 0. The van der Waals surface area contributed by atoms with E-state index in [4.69, 9.17) is 11.6 Å². The predicted molar refractivity (Wildman–Crippen MR) is 142 cm³/mol. The molecule has 176 valence electrons. The lowest BCUT2D eigenvalue weighted by Gasteiger charge is -2.39. The van der Waals surface area contributed by atoms with E-state index in [2.05, 4.69) is 23.3 Å². The van der Waals surface area contributed by atoms with Crippen molar-refractivity contribution >= 4 is 34.0 Å². The van der Waals surface area contributed by atoms with Gasteiger partial charge in [-0.15, -0.1) is 0 Å². The molecule has 2 atom stereocenters. The number of hydrogen-bond acceptors (Lipinski definition) is 3. The van der Waals surface area contributed by atoms with Crippen molar-refractivity contribution in [2.45, 2.75) is 31.2 Å². The minimum absolute atomic E-state index is 0.0971. The monoisotopic (exact) mass is 482 g/mol. The third-order valence-corrected chi connectivity index (χ3v) is 8.05. The average molecular weight is 483 g/mol. The number of hydrogen-bond donors (Lipinski definition) is 2. The Hall–Kier alpha value is -3.34. The Bertz CT molecular complexity index is 1460. The molecule has 0 spiro atoms. The third kappa shape index (κ3) is 3.78. The molecule has 1 heterocycles. The molecule has 2 N–H and O–H groups in total. The van der Waals surface area contributed by atoms with Crippen LogP contribution in [0, 0.1) is 0 Å². The Labute approximate surface area is 210 Å². The first-order valence-electron chi connectivity index (χ1n) is 12.1. The lowest BCUT2D eigenvalue weighted by atomic mass is 9.74. The Kier molecular flexibility index (Phi) is 5.51. The number of phenolic OH excluding ortho intramolecular Hbond substituents is 1. The maximum Gasteiger partial charge on any atom is 0.256 e. The number of likely N-dealkylation sites (N-methyl/N-ethyl adjacent to an activating group) is 1. The molecule has 4 aromatic rings. The molecule has 1 amide bonds. The van der Waals surface area contributed by atoms with Crippen molar-refractivity contribution in [3.05, 3.63) is 106 Å². The van der Waals surface area contributed by atoms with Gasteiger partial charge in [0.15, 0.2) is 0 Å². The summed E-state index contributed by atoms with van der Waals surface area (Å²) in [7, 11) is 2.18. The number of benzene rings is 4. The summed E-state index contributed by atoms with van der Waals surface area (Å²) in [6.45, 7) is 0.947. The molecule has 0 fully saturated rings. The van der Waals surface area contributed by atoms with Crippen LogP contribution in [-0.2, 0) is 12.8 Å². The van der Waals surface area contributed by atoms with E-state index in [1.807, 2.05) is 66.7 Å². The van der Waals surface area contributed by atoms with Gasteiger partial charge in [0, 0.05) is 29.8 Å². The van der Waals surface area contributed by atoms with E-state index >= 15 is 0 Å². The van der Waals surface area contributed by atoms with Gasteiger partial charge < -0.3 is 15.3 Å². The maximum atomic E-state index is 13.4. The summed E-state index contributed by atoms with van der Waals surface area (Å²) in [6, 6.07) is 24.1. The molecule has 4 nitrogen and oxygen atoms in total. The summed E-state index contributed by atoms with van der Waals surface area (Å²) >= 11 is 6.28. The number of carbonyl (C=O) groups excluding carboxylic acids is 1. The molecule has 0 bridgehead atoms. The number of amides is 1. The molecule has 5 heteroatoms. The largest absolute Gasteiger partial charge is 0.506 e. The van der Waals surface area contributed by atoms with Gasteiger partial charge in [0.2, 0.25) is 0 Å². The van der Waals surface area contributed by atoms with Crippen LogP contribution in [0.5, 0.6) is 5.75 Å². The Morgan fingerprint density at radius 3 is 2.69 bits per heavy atom. The van der Waals surface area contributed by atoms with Crippen LogP contribution < -0.4 is 5.32 Å². The van der Waals surface area contributed by atoms with Gasteiger partial charge in [-0.1, -0.05) is 60.1 Å². The summed E-state index contributed by atoms with van der Waals surface area (Å²) in [5.41, 5.74) is 6.26. The second kappa shape index (κ2) is 8.71. The zero-order valence-electron chi connectivity index (χ0n) is 19.6. The van der Waals surface area contributed by atoms with Crippen molar-refractivity contribution in [3.8, 4) is 5.75 Å². The number of anilines is 1. The van der Waals surface area contributed by atoms with Crippen molar-refractivity contribution in [3.63, 3.8) is 0 Å². The molecule has 6 rings (SSSR count).